The van der Waals surface area contributed by atoms with Gasteiger partial charge in [0, 0.05) is 11.8 Å². The Morgan fingerprint density at radius 3 is 2.09 bits per heavy atom. The molecular formula is C22H36N3O7P. The molecule has 1 saturated heterocycles. The molecule has 2 heterocycles. The predicted molar refractivity (Wildman–Crippen MR) is 123 cm³/mol. The van der Waals surface area contributed by atoms with Gasteiger partial charge in [0.15, 0.2) is 0 Å². The lowest BCUT2D eigenvalue weighted by molar-refractivity contribution is -0.0251. The van der Waals surface area contributed by atoms with E-state index in [2.05, 4.69) is 5.20 Å². The molecule has 10 nitrogen and oxygen atoms in total. The molecule has 0 amide bonds. The standard InChI is InChI=1S/C22H36N3O7P/c1-16-14-24(20-13-12-19(15-26)30-20)22(28)25(21(16)27)23-33(29,31-17-8-4-2-5-9-17)32-18-10-6-3-7-11-18/h14,17-20,26H,2-13,15H2,1H3,(H,23,29)/t19-,20+/m0/s1. The minimum atomic E-state index is -4.00. The maximum absolute atomic E-state index is 13.9. The van der Waals surface area contributed by atoms with Crippen molar-refractivity contribution in [1.82, 2.24) is 9.24 Å². The minimum Gasteiger partial charge on any atom is -0.394 e. The van der Waals surface area contributed by atoms with E-state index in [4.69, 9.17) is 13.8 Å². The molecular weight excluding hydrogens is 449 g/mol. The minimum absolute atomic E-state index is 0.137. The Labute approximate surface area is 193 Å². The largest absolute Gasteiger partial charge is 0.447 e. The highest BCUT2D eigenvalue weighted by atomic mass is 31.2. The molecule has 33 heavy (non-hydrogen) atoms. The molecule has 0 radical (unpaired) electrons. The molecule has 2 N–H and O–H groups in total. The number of aliphatic hydroxyl groups excluding tert-OH is 1. The second kappa shape index (κ2) is 10.9. The fourth-order valence-electron chi connectivity index (χ4n) is 4.95. The van der Waals surface area contributed by atoms with Gasteiger partial charge in [-0.3, -0.25) is 18.4 Å². The van der Waals surface area contributed by atoms with Gasteiger partial charge in [0.1, 0.15) is 6.23 Å². The van der Waals surface area contributed by atoms with Crippen LogP contribution in [0.3, 0.4) is 0 Å². The maximum Gasteiger partial charge on any atom is 0.447 e. The number of hydrogen-bond donors (Lipinski definition) is 2. The summed E-state index contributed by atoms with van der Waals surface area (Å²) >= 11 is 0. The van der Waals surface area contributed by atoms with E-state index < -0.39 is 25.2 Å². The zero-order valence-electron chi connectivity index (χ0n) is 19.3. The quantitative estimate of drug-likeness (QED) is 0.538. The summed E-state index contributed by atoms with van der Waals surface area (Å²) in [6.45, 7) is 1.45. The number of nitrogens with one attached hydrogen (secondary N) is 1. The van der Waals surface area contributed by atoms with Gasteiger partial charge in [-0.25, -0.2) is 14.6 Å². The van der Waals surface area contributed by atoms with Gasteiger partial charge in [-0.05, 0) is 45.4 Å². The number of nitrogens with zero attached hydrogens (tertiary/aromatic N) is 2. The van der Waals surface area contributed by atoms with Crippen LogP contribution in [0.25, 0.3) is 0 Å². The first-order chi connectivity index (χ1) is 15.9. The Kier molecular flexibility index (Phi) is 8.12. The van der Waals surface area contributed by atoms with Gasteiger partial charge < -0.3 is 9.84 Å². The van der Waals surface area contributed by atoms with Gasteiger partial charge in [0.05, 0.1) is 24.9 Å². The summed E-state index contributed by atoms with van der Waals surface area (Å²) in [6, 6.07) is 0. The Hall–Kier alpha value is -1.45. The highest BCUT2D eigenvalue weighted by molar-refractivity contribution is 7.54. The monoisotopic (exact) mass is 485 g/mol. The highest BCUT2D eigenvalue weighted by Gasteiger charge is 2.36. The van der Waals surface area contributed by atoms with Gasteiger partial charge in [-0.15, -0.1) is 0 Å². The van der Waals surface area contributed by atoms with E-state index in [9.17, 15) is 19.3 Å². The number of hydrogen-bond acceptors (Lipinski definition) is 7. The van der Waals surface area contributed by atoms with E-state index >= 15 is 0 Å². The van der Waals surface area contributed by atoms with Crippen molar-refractivity contribution in [2.24, 2.45) is 0 Å². The van der Waals surface area contributed by atoms with Crippen molar-refractivity contribution in [3.8, 4) is 0 Å². The van der Waals surface area contributed by atoms with Gasteiger partial charge in [-0.2, -0.15) is 4.68 Å². The van der Waals surface area contributed by atoms with E-state index in [1.807, 2.05) is 0 Å². The molecule has 2 aliphatic carbocycles. The molecule has 1 aromatic heterocycles. The molecule has 0 unspecified atom stereocenters. The first kappa shape index (κ1) is 24.7. The van der Waals surface area contributed by atoms with Crippen molar-refractivity contribution in [2.75, 3.05) is 11.8 Å². The summed E-state index contributed by atoms with van der Waals surface area (Å²) in [4.78, 5) is 26.2. The second-order valence-corrected chi connectivity index (χ2v) is 11.1. The van der Waals surface area contributed by atoms with Crippen LogP contribution in [0.2, 0.25) is 0 Å². The van der Waals surface area contributed by atoms with Crippen molar-refractivity contribution in [2.45, 2.75) is 109 Å². The van der Waals surface area contributed by atoms with Crippen molar-refractivity contribution in [3.63, 3.8) is 0 Å². The molecule has 186 valence electrons. The van der Waals surface area contributed by atoms with Crippen molar-refractivity contribution < 1.29 is 23.5 Å². The summed E-state index contributed by atoms with van der Waals surface area (Å²) < 4.78 is 33.7. The molecule has 1 aliphatic heterocycles. The van der Waals surface area contributed by atoms with E-state index in [1.165, 1.54) is 10.8 Å². The van der Waals surface area contributed by atoms with E-state index in [0.29, 0.717) is 18.4 Å². The molecule has 3 aliphatic rings. The lowest BCUT2D eigenvalue weighted by Crippen LogP contribution is -2.46. The average Bonchev–Trinajstić information content (AvgIpc) is 3.29. The number of aryl methyl sites for hydroxylation is 1. The van der Waals surface area contributed by atoms with Gasteiger partial charge >= 0.3 is 13.4 Å². The molecule has 3 fully saturated rings. The van der Waals surface area contributed by atoms with Crippen LogP contribution in [-0.4, -0.2) is 39.3 Å². The topological polar surface area (TPSA) is 121 Å². The zero-order chi connectivity index (χ0) is 23.4. The Balaban J connectivity index is 1.63. The van der Waals surface area contributed by atoms with Crippen LogP contribution in [0.4, 0.5) is 0 Å². The first-order valence-electron chi connectivity index (χ1n) is 12.2. The normalized spacial score (nSPS) is 25.4. The fourth-order valence-corrected chi connectivity index (χ4v) is 6.72. The predicted octanol–water partition coefficient (Wildman–Crippen LogP) is 3.34. The number of aromatic nitrogens is 2. The number of aliphatic hydroxyl groups is 1. The van der Waals surface area contributed by atoms with Crippen LogP contribution in [0.1, 0.15) is 88.8 Å². The Morgan fingerprint density at radius 1 is 1.00 bits per heavy atom. The number of rotatable bonds is 8. The first-order valence-corrected chi connectivity index (χ1v) is 13.8. The maximum atomic E-state index is 13.9. The fraction of sp³-hybridized carbons (Fsp3) is 0.818. The van der Waals surface area contributed by atoms with Crippen LogP contribution < -0.4 is 16.4 Å². The molecule has 4 rings (SSSR count). The molecule has 1 aromatic rings. The van der Waals surface area contributed by atoms with E-state index in [0.717, 1.165) is 68.9 Å². The summed E-state index contributed by atoms with van der Waals surface area (Å²) in [5, 5.41) is 12.0. The molecule has 0 aromatic carbocycles. The van der Waals surface area contributed by atoms with Crippen molar-refractivity contribution in [1.29, 1.82) is 0 Å². The summed E-state index contributed by atoms with van der Waals surface area (Å²) in [5.74, 6) is 0. The van der Waals surface area contributed by atoms with E-state index in [-0.39, 0.29) is 24.9 Å². The van der Waals surface area contributed by atoms with E-state index in [1.54, 1.807) is 6.92 Å². The average molecular weight is 486 g/mol. The SMILES string of the molecule is Cc1cn([C@H]2CC[C@@H](CO)O2)c(=O)n(NP(=O)(OC2CCCCC2)OC2CCCCC2)c1=O. The lowest BCUT2D eigenvalue weighted by Gasteiger charge is -2.31. The lowest BCUT2D eigenvalue weighted by atomic mass is 9.98. The molecule has 0 bridgehead atoms. The Morgan fingerprint density at radius 2 is 1.58 bits per heavy atom. The second-order valence-electron chi connectivity index (χ2n) is 9.44. The Bertz CT molecular complexity index is 942. The molecule has 0 spiro atoms. The third-order valence-electron chi connectivity index (χ3n) is 6.79. The van der Waals surface area contributed by atoms with Crippen LogP contribution in [0.5, 0.6) is 0 Å². The third kappa shape index (κ3) is 5.98. The van der Waals surface area contributed by atoms with Gasteiger partial charge in [0.2, 0.25) is 0 Å². The summed E-state index contributed by atoms with van der Waals surface area (Å²) in [7, 11) is -4.00. The van der Waals surface area contributed by atoms with Crippen LogP contribution in [-0.2, 0) is 18.3 Å². The highest BCUT2D eigenvalue weighted by Crippen LogP contribution is 2.50. The molecule has 11 heteroatoms. The van der Waals surface area contributed by atoms with Crippen LogP contribution in [0, 0.1) is 6.92 Å². The molecule has 2 saturated carbocycles. The van der Waals surface area contributed by atoms with Crippen LogP contribution >= 0.6 is 7.75 Å². The van der Waals surface area contributed by atoms with Gasteiger partial charge in [-0.1, -0.05) is 38.5 Å². The zero-order valence-corrected chi connectivity index (χ0v) is 20.2. The summed E-state index contributed by atoms with van der Waals surface area (Å²) in [6.07, 6.45) is 10.3. The van der Waals surface area contributed by atoms with Crippen molar-refractivity contribution >= 4 is 7.75 Å². The smallest absolute Gasteiger partial charge is 0.394 e. The van der Waals surface area contributed by atoms with Crippen molar-refractivity contribution in [3.05, 3.63) is 32.6 Å². The number of ether oxygens (including phenoxy) is 1. The van der Waals surface area contributed by atoms with Crippen LogP contribution in [0.15, 0.2) is 15.8 Å². The van der Waals surface area contributed by atoms with Gasteiger partial charge in [0.25, 0.3) is 5.56 Å². The third-order valence-corrected chi connectivity index (χ3v) is 8.38. The molecule has 2 atom stereocenters. The summed E-state index contributed by atoms with van der Waals surface area (Å²) in [5.41, 5.74) is -1.01.